The Labute approximate surface area is 90.4 Å². The van der Waals surface area contributed by atoms with E-state index in [0.29, 0.717) is 17.2 Å². The lowest BCUT2D eigenvalue weighted by Crippen LogP contribution is -2.15. The third-order valence-electron chi connectivity index (χ3n) is 1.98. The monoisotopic (exact) mass is 220 g/mol. The number of aryl methyl sites for hydroxylation is 1. The zero-order valence-corrected chi connectivity index (χ0v) is 8.49. The number of aromatic nitrogens is 3. The number of halogens is 1. The first-order valence-corrected chi connectivity index (χ1v) is 4.61. The van der Waals surface area contributed by atoms with Crippen LogP contribution in [-0.4, -0.2) is 15.2 Å². The highest BCUT2D eigenvalue weighted by atomic mass is 19.1. The van der Waals surface area contributed by atoms with E-state index in [9.17, 15) is 9.18 Å². The van der Waals surface area contributed by atoms with E-state index in [4.69, 9.17) is 0 Å². The van der Waals surface area contributed by atoms with Crippen molar-refractivity contribution < 1.29 is 4.39 Å². The predicted octanol–water partition coefficient (Wildman–Crippen LogP) is 1.36. The molecule has 0 aliphatic rings. The Morgan fingerprint density at radius 3 is 2.69 bits per heavy atom. The smallest absolute Gasteiger partial charge is 0.338 e. The van der Waals surface area contributed by atoms with E-state index in [-0.39, 0.29) is 5.82 Å². The molecule has 16 heavy (non-hydrogen) atoms. The molecule has 0 amide bonds. The van der Waals surface area contributed by atoms with Crippen molar-refractivity contribution in [3.8, 4) is 0 Å². The highest BCUT2D eigenvalue weighted by Crippen LogP contribution is 2.15. The summed E-state index contributed by atoms with van der Waals surface area (Å²) in [6, 6.07) is 5.74. The largest absolute Gasteiger partial charge is 0.363 e. The van der Waals surface area contributed by atoms with Crippen molar-refractivity contribution in [2.45, 2.75) is 6.92 Å². The number of benzene rings is 1. The van der Waals surface area contributed by atoms with Crippen molar-refractivity contribution in [3.63, 3.8) is 0 Å². The van der Waals surface area contributed by atoms with Gasteiger partial charge in [0.25, 0.3) is 0 Å². The fourth-order valence-corrected chi connectivity index (χ4v) is 1.18. The van der Waals surface area contributed by atoms with Crippen LogP contribution in [-0.2, 0) is 0 Å². The highest BCUT2D eigenvalue weighted by molar-refractivity contribution is 5.56. The molecule has 2 N–H and O–H groups in total. The van der Waals surface area contributed by atoms with Crippen LogP contribution in [0, 0.1) is 12.7 Å². The summed E-state index contributed by atoms with van der Waals surface area (Å²) in [7, 11) is 0. The number of hydrogen-bond donors (Lipinski definition) is 2. The molecule has 82 valence electrons. The molecule has 0 atom stereocenters. The van der Waals surface area contributed by atoms with Crippen molar-refractivity contribution >= 4 is 11.5 Å². The van der Waals surface area contributed by atoms with Crippen molar-refractivity contribution in [2.24, 2.45) is 0 Å². The topological polar surface area (TPSA) is 70.7 Å². The molecule has 0 radical (unpaired) electrons. The van der Waals surface area contributed by atoms with Crippen LogP contribution in [0.2, 0.25) is 0 Å². The molecule has 6 heteroatoms. The van der Waals surface area contributed by atoms with Crippen LogP contribution in [0.4, 0.5) is 15.9 Å². The van der Waals surface area contributed by atoms with Gasteiger partial charge in [-0.15, -0.1) is 0 Å². The van der Waals surface area contributed by atoms with Gasteiger partial charge in [0, 0.05) is 5.69 Å². The number of rotatable bonds is 2. The number of anilines is 2. The summed E-state index contributed by atoms with van der Waals surface area (Å²) >= 11 is 0. The van der Waals surface area contributed by atoms with E-state index in [1.54, 1.807) is 19.1 Å². The molecular weight excluding hydrogens is 211 g/mol. The average molecular weight is 220 g/mol. The fourth-order valence-electron chi connectivity index (χ4n) is 1.18. The second-order valence-corrected chi connectivity index (χ2v) is 3.21. The van der Waals surface area contributed by atoms with Crippen LogP contribution in [0.3, 0.4) is 0 Å². The molecule has 0 unspecified atom stereocenters. The molecule has 0 saturated heterocycles. The lowest BCUT2D eigenvalue weighted by molar-refractivity contribution is 0.628. The summed E-state index contributed by atoms with van der Waals surface area (Å²) in [5.74, 6) is 0.0367. The van der Waals surface area contributed by atoms with Crippen LogP contribution < -0.4 is 11.0 Å². The van der Waals surface area contributed by atoms with Gasteiger partial charge >= 0.3 is 5.69 Å². The van der Waals surface area contributed by atoms with Gasteiger partial charge in [0.1, 0.15) is 11.5 Å². The van der Waals surface area contributed by atoms with Crippen LogP contribution in [0.15, 0.2) is 29.1 Å². The number of nitrogens with one attached hydrogen (secondary N) is 2. The van der Waals surface area contributed by atoms with Gasteiger partial charge in [-0.2, -0.15) is 10.1 Å². The molecule has 0 fully saturated rings. The second-order valence-electron chi connectivity index (χ2n) is 3.21. The van der Waals surface area contributed by atoms with Crippen molar-refractivity contribution in [1.82, 2.24) is 15.2 Å². The third kappa shape index (κ3) is 2.22. The molecule has 1 heterocycles. The zero-order valence-electron chi connectivity index (χ0n) is 8.49. The maximum Gasteiger partial charge on any atom is 0.363 e. The number of nitrogens with zero attached hydrogens (tertiary/aromatic N) is 2. The van der Waals surface area contributed by atoms with E-state index < -0.39 is 5.69 Å². The van der Waals surface area contributed by atoms with Gasteiger partial charge in [0.15, 0.2) is 5.82 Å². The maximum atomic E-state index is 12.7. The number of aromatic amines is 1. The Kier molecular flexibility index (Phi) is 2.63. The predicted molar refractivity (Wildman–Crippen MR) is 57.1 cm³/mol. The van der Waals surface area contributed by atoms with Crippen LogP contribution in [0.1, 0.15) is 5.69 Å². The van der Waals surface area contributed by atoms with Gasteiger partial charge in [0.2, 0.25) is 0 Å². The lowest BCUT2D eigenvalue weighted by Gasteiger charge is -2.05. The fraction of sp³-hybridized carbons (Fsp3) is 0.100. The first-order chi connectivity index (χ1) is 7.65. The van der Waals surface area contributed by atoms with Gasteiger partial charge in [-0.3, -0.25) is 0 Å². The first-order valence-electron chi connectivity index (χ1n) is 4.61. The van der Waals surface area contributed by atoms with Gasteiger partial charge in [-0.1, -0.05) is 0 Å². The first kappa shape index (κ1) is 10.3. The summed E-state index contributed by atoms with van der Waals surface area (Å²) < 4.78 is 12.7. The Balaban J connectivity index is 2.30. The molecule has 1 aromatic carbocycles. The Bertz CT molecular complexity index is 549. The SMILES string of the molecule is Cc1n[nH]c(=O)nc1Nc1ccc(F)cc1. The van der Waals surface area contributed by atoms with Gasteiger partial charge in [-0.25, -0.2) is 14.3 Å². The molecule has 0 saturated carbocycles. The van der Waals surface area contributed by atoms with Crippen molar-refractivity contribution in [3.05, 3.63) is 46.3 Å². The molecule has 2 rings (SSSR count). The molecule has 0 aliphatic heterocycles. The quantitative estimate of drug-likeness (QED) is 0.801. The van der Waals surface area contributed by atoms with E-state index in [0.717, 1.165) is 0 Å². The minimum atomic E-state index is -0.532. The summed E-state index contributed by atoms with van der Waals surface area (Å²) in [6.45, 7) is 1.70. The normalized spacial score (nSPS) is 10.1. The van der Waals surface area contributed by atoms with Crippen molar-refractivity contribution in [2.75, 3.05) is 5.32 Å². The Morgan fingerprint density at radius 1 is 1.31 bits per heavy atom. The standard InChI is InChI=1S/C10H9FN4O/c1-6-9(13-10(16)15-14-6)12-8-4-2-7(11)3-5-8/h2-5H,1H3,(H2,12,13,15,16). The van der Waals surface area contributed by atoms with Gasteiger partial charge in [-0.05, 0) is 31.2 Å². The average Bonchev–Trinajstić information content (AvgIpc) is 2.27. The lowest BCUT2D eigenvalue weighted by atomic mass is 10.3. The van der Waals surface area contributed by atoms with Crippen molar-refractivity contribution in [1.29, 1.82) is 0 Å². The number of H-pyrrole nitrogens is 1. The summed E-state index contributed by atoms with van der Waals surface area (Å²) in [6.07, 6.45) is 0. The molecular formula is C10H9FN4O. The molecule has 0 aliphatic carbocycles. The van der Waals surface area contributed by atoms with E-state index in [1.165, 1.54) is 12.1 Å². The molecule has 2 aromatic rings. The minimum Gasteiger partial charge on any atom is -0.338 e. The molecule has 1 aromatic heterocycles. The third-order valence-corrected chi connectivity index (χ3v) is 1.98. The highest BCUT2D eigenvalue weighted by Gasteiger charge is 2.02. The summed E-state index contributed by atoms with van der Waals surface area (Å²) in [5, 5.41) is 8.85. The second kappa shape index (κ2) is 4.09. The minimum absolute atomic E-state index is 0.320. The Morgan fingerprint density at radius 2 is 2.00 bits per heavy atom. The summed E-state index contributed by atoms with van der Waals surface area (Å²) in [4.78, 5) is 14.7. The van der Waals surface area contributed by atoms with E-state index >= 15 is 0 Å². The Hall–Kier alpha value is -2.24. The maximum absolute atomic E-state index is 12.7. The number of hydrogen-bond acceptors (Lipinski definition) is 4. The van der Waals surface area contributed by atoms with Crippen LogP contribution >= 0.6 is 0 Å². The molecule has 5 nitrogen and oxygen atoms in total. The van der Waals surface area contributed by atoms with E-state index in [1.807, 2.05) is 0 Å². The van der Waals surface area contributed by atoms with E-state index in [2.05, 4.69) is 20.5 Å². The van der Waals surface area contributed by atoms with Crippen LogP contribution in [0.25, 0.3) is 0 Å². The zero-order chi connectivity index (χ0) is 11.5. The molecule has 0 spiro atoms. The molecule has 0 bridgehead atoms. The van der Waals surface area contributed by atoms with Gasteiger partial charge < -0.3 is 5.32 Å². The van der Waals surface area contributed by atoms with Gasteiger partial charge in [0.05, 0.1) is 0 Å². The van der Waals surface area contributed by atoms with Crippen LogP contribution in [0.5, 0.6) is 0 Å². The summed E-state index contributed by atoms with van der Waals surface area (Å²) in [5.41, 5.74) is 0.670.